The first-order chi connectivity index (χ1) is 16.3. The van der Waals surface area contributed by atoms with Crippen molar-refractivity contribution in [2.24, 2.45) is 16.5 Å². The van der Waals surface area contributed by atoms with Gasteiger partial charge in [-0.25, -0.2) is 14.6 Å². The quantitative estimate of drug-likeness (QED) is 0.256. The number of fused-ring (bicyclic) bond motifs is 1. The van der Waals surface area contributed by atoms with E-state index in [1.54, 1.807) is 36.4 Å². The summed E-state index contributed by atoms with van der Waals surface area (Å²) in [6.45, 7) is 0. The number of benzene rings is 2. The molecule has 0 radical (unpaired) electrons. The number of alkyl halides is 3. The van der Waals surface area contributed by atoms with Crippen LogP contribution < -0.4 is 16.8 Å². The van der Waals surface area contributed by atoms with Gasteiger partial charge in [0.05, 0.1) is 5.02 Å². The van der Waals surface area contributed by atoms with Crippen LogP contribution in [0.1, 0.15) is 22.0 Å². The Morgan fingerprint density at radius 3 is 2.14 bits per heavy atom. The number of carbonyl (C=O) groups is 3. The first-order valence-electron chi connectivity index (χ1n) is 9.38. The molecule has 1 aromatic heterocycles. The first kappa shape index (κ1) is 26.9. The van der Waals surface area contributed by atoms with Crippen molar-refractivity contribution in [2.45, 2.75) is 12.2 Å². The highest BCUT2D eigenvalue weighted by Gasteiger charge is 2.38. The van der Waals surface area contributed by atoms with E-state index in [4.69, 9.17) is 33.0 Å². The molecule has 184 valence electrons. The number of nitrogens with one attached hydrogen (secondary N) is 1. The van der Waals surface area contributed by atoms with E-state index >= 15 is 0 Å². The molecule has 3 aromatic rings. The van der Waals surface area contributed by atoms with Crippen molar-refractivity contribution in [1.29, 1.82) is 0 Å². The van der Waals surface area contributed by atoms with Gasteiger partial charge in [-0.05, 0) is 17.7 Å². The van der Waals surface area contributed by atoms with Crippen LogP contribution in [-0.2, 0) is 9.59 Å². The molecule has 7 N–H and O–H groups in total. The Balaban J connectivity index is 0.000000540. The van der Waals surface area contributed by atoms with Crippen molar-refractivity contribution in [3.8, 4) is 0 Å². The summed E-state index contributed by atoms with van der Waals surface area (Å²) in [5.41, 5.74) is 11.5. The number of pyridine rings is 1. The molecule has 1 atom stereocenters. The van der Waals surface area contributed by atoms with E-state index in [0.29, 0.717) is 21.4 Å². The lowest BCUT2D eigenvalue weighted by atomic mass is 10.0. The molecule has 0 bridgehead atoms. The molecule has 14 heteroatoms. The van der Waals surface area contributed by atoms with E-state index in [0.717, 1.165) is 0 Å². The van der Waals surface area contributed by atoms with Crippen LogP contribution in [0.5, 0.6) is 0 Å². The molecule has 3 rings (SSSR count). The molecule has 0 aliphatic rings. The molecule has 1 amide bonds. The minimum absolute atomic E-state index is 0.194. The molecule has 0 aliphatic carbocycles. The third-order valence-electron chi connectivity index (χ3n) is 4.21. The van der Waals surface area contributed by atoms with Gasteiger partial charge in [0.15, 0.2) is 17.8 Å². The highest BCUT2D eigenvalue weighted by Crippen LogP contribution is 2.30. The highest BCUT2D eigenvalue weighted by atomic mass is 35.5. The van der Waals surface area contributed by atoms with Gasteiger partial charge in [-0.1, -0.05) is 48.0 Å². The molecular formula is C21H17ClF3N5O5. The average Bonchev–Trinajstić information content (AvgIpc) is 2.79. The summed E-state index contributed by atoms with van der Waals surface area (Å²) in [7, 11) is 0. The molecule has 0 saturated carbocycles. The maximum absolute atomic E-state index is 12.7. The maximum atomic E-state index is 12.7. The normalized spacial score (nSPS) is 11.5. The molecule has 2 aromatic carbocycles. The van der Waals surface area contributed by atoms with E-state index in [1.807, 2.05) is 0 Å². The van der Waals surface area contributed by atoms with Crippen molar-refractivity contribution >= 4 is 52.0 Å². The number of amides is 1. The lowest BCUT2D eigenvalue weighted by molar-refractivity contribution is -0.192. The number of nitrogens with zero attached hydrogens (tertiary/aromatic N) is 2. The Hall–Kier alpha value is -4.39. The predicted octanol–water partition coefficient (Wildman–Crippen LogP) is 2.98. The molecule has 35 heavy (non-hydrogen) atoms. The number of carboxylic acid groups (broad SMARTS) is 2. The Labute approximate surface area is 200 Å². The van der Waals surface area contributed by atoms with Crippen molar-refractivity contribution in [2.75, 3.05) is 0 Å². The summed E-state index contributed by atoms with van der Waals surface area (Å²) < 4.78 is 31.7. The maximum Gasteiger partial charge on any atom is 0.490 e. The van der Waals surface area contributed by atoms with Crippen LogP contribution in [0.25, 0.3) is 10.8 Å². The van der Waals surface area contributed by atoms with Gasteiger partial charge in [0, 0.05) is 22.5 Å². The molecule has 1 heterocycles. The van der Waals surface area contributed by atoms with Crippen LogP contribution in [0.3, 0.4) is 0 Å². The summed E-state index contributed by atoms with van der Waals surface area (Å²) in [6.07, 6.45) is -3.68. The van der Waals surface area contributed by atoms with Crippen LogP contribution in [0.15, 0.2) is 59.7 Å². The van der Waals surface area contributed by atoms with E-state index in [2.05, 4.69) is 15.3 Å². The summed E-state index contributed by atoms with van der Waals surface area (Å²) in [5.74, 6) is -4.50. The minimum atomic E-state index is -5.08. The lowest BCUT2D eigenvalue weighted by Gasteiger charge is -2.15. The predicted molar refractivity (Wildman–Crippen MR) is 120 cm³/mol. The second-order valence-electron chi connectivity index (χ2n) is 6.69. The van der Waals surface area contributed by atoms with Gasteiger partial charge in [0.25, 0.3) is 5.91 Å². The van der Waals surface area contributed by atoms with Gasteiger partial charge < -0.3 is 27.0 Å². The van der Waals surface area contributed by atoms with Crippen molar-refractivity contribution < 1.29 is 37.8 Å². The summed E-state index contributed by atoms with van der Waals surface area (Å²) in [5, 5.41) is 20.5. The van der Waals surface area contributed by atoms with Crippen LogP contribution in [0.2, 0.25) is 5.02 Å². The summed E-state index contributed by atoms with van der Waals surface area (Å²) in [6, 6.07) is 11.9. The van der Waals surface area contributed by atoms with Gasteiger partial charge in [-0.2, -0.15) is 18.2 Å². The number of aromatic nitrogens is 1. The third-order valence-corrected chi connectivity index (χ3v) is 4.51. The van der Waals surface area contributed by atoms with Gasteiger partial charge in [0.1, 0.15) is 0 Å². The highest BCUT2D eigenvalue weighted by molar-refractivity contribution is 6.35. The smallest absolute Gasteiger partial charge is 0.479 e. The molecule has 0 aliphatic heterocycles. The number of hydrogen-bond acceptors (Lipinski definition) is 5. The average molecular weight is 512 g/mol. The van der Waals surface area contributed by atoms with Crippen molar-refractivity contribution in [3.63, 3.8) is 0 Å². The number of hydrogen-bond donors (Lipinski definition) is 5. The van der Waals surface area contributed by atoms with Gasteiger partial charge in [-0.3, -0.25) is 4.79 Å². The van der Waals surface area contributed by atoms with Crippen LogP contribution in [0, 0.1) is 0 Å². The van der Waals surface area contributed by atoms with E-state index in [-0.39, 0.29) is 17.3 Å². The second kappa shape index (κ2) is 11.2. The van der Waals surface area contributed by atoms with Crippen LogP contribution >= 0.6 is 11.6 Å². The topological polar surface area (TPSA) is 181 Å². The number of carboxylic acids is 2. The zero-order valence-corrected chi connectivity index (χ0v) is 18.2. The summed E-state index contributed by atoms with van der Waals surface area (Å²) >= 11 is 6.15. The zero-order valence-electron chi connectivity index (χ0n) is 17.5. The largest absolute Gasteiger partial charge is 0.490 e. The summed E-state index contributed by atoms with van der Waals surface area (Å²) in [4.78, 5) is 41.2. The fourth-order valence-corrected chi connectivity index (χ4v) is 2.91. The Bertz CT molecular complexity index is 1280. The molecule has 0 spiro atoms. The minimum Gasteiger partial charge on any atom is -0.479 e. The van der Waals surface area contributed by atoms with E-state index < -0.39 is 30.1 Å². The number of nitrogens with two attached hydrogens (primary N) is 2. The second-order valence-corrected chi connectivity index (χ2v) is 7.09. The lowest BCUT2D eigenvalue weighted by Crippen LogP contribution is -2.33. The molecule has 0 saturated heterocycles. The SMILES string of the molecule is NC(N)=Nc1ncc(Cl)c2ccc(C(=O)N[C@@H](C(=O)O)c3ccccc3)cc12.O=C(O)C(F)(F)F. The first-order valence-corrected chi connectivity index (χ1v) is 9.75. The number of rotatable bonds is 5. The number of aliphatic imine (C=N–C) groups is 1. The fraction of sp³-hybridized carbons (Fsp3) is 0.0952. The van der Waals surface area contributed by atoms with E-state index in [1.165, 1.54) is 18.3 Å². The Morgan fingerprint density at radius 1 is 1.03 bits per heavy atom. The fourth-order valence-electron chi connectivity index (χ4n) is 2.69. The molecule has 0 unspecified atom stereocenters. The van der Waals surface area contributed by atoms with Crippen LogP contribution in [0.4, 0.5) is 19.0 Å². The Morgan fingerprint density at radius 2 is 1.63 bits per heavy atom. The number of halogens is 4. The van der Waals surface area contributed by atoms with Gasteiger partial charge in [0.2, 0.25) is 0 Å². The van der Waals surface area contributed by atoms with E-state index in [9.17, 15) is 27.9 Å². The number of carbonyl (C=O) groups excluding carboxylic acids is 1. The molecule has 0 fully saturated rings. The van der Waals surface area contributed by atoms with Crippen LogP contribution in [-0.4, -0.2) is 45.2 Å². The van der Waals surface area contributed by atoms with Crippen molar-refractivity contribution in [3.05, 3.63) is 70.9 Å². The van der Waals surface area contributed by atoms with Crippen molar-refractivity contribution in [1.82, 2.24) is 10.3 Å². The molecular weight excluding hydrogens is 495 g/mol. The molecule has 10 nitrogen and oxygen atoms in total. The van der Waals surface area contributed by atoms with Gasteiger partial charge >= 0.3 is 18.1 Å². The standard InChI is InChI=1S/C19H16ClN5O3.C2HF3O2/c20-14-9-23-16(25-19(21)22)13-8-11(6-7-12(13)14)17(26)24-15(18(27)28)10-4-2-1-3-5-10;3-2(4,5)1(6)7/h1-9,15H,(H,24,26)(H,27,28)(H4,21,22,23,25);(H,6,7)/t15-;/m1./s1. The number of guanidine groups is 1. The Kier molecular flexibility index (Phi) is 8.56. The third kappa shape index (κ3) is 7.30. The van der Waals surface area contributed by atoms with Gasteiger partial charge in [-0.15, -0.1) is 0 Å². The number of aliphatic carboxylic acids is 2. The monoisotopic (exact) mass is 511 g/mol. The zero-order chi connectivity index (χ0) is 26.3.